The molecule has 0 aromatic heterocycles. The maximum atomic E-state index is 14.0. The molecule has 4 aromatic carbocycles. The lowest BCUT2D eigenvalue weighted by atomic mass is 9.75. The van der Waals surface area contributed by atoms with E-state index in [0.717, 1.165) is 17.0 Å². The zero-order valence-corrected chi connectivity index (χ0v) is 22.5. The van der Waals surface area contributed by atoms with Gasteiger partial charge in [0.2, 0.25) is 11.8 Å². The molecule has 4 atom stereocenters. The van der Waals surface area contributed by atoms with Gasteiger partial charge in [-0.15, -0.1) is 0 Å². The van der Waals surface area contributed by atoms with Gasteiger partial charge < -0.3 is 9.84 Å². The van der Waals surface area contributed by atoms with Gasteiger partial charge in [0.15, 0.2) is 5.54 Å². The summed E-state index contributed by atoms with van der Waals surface area (Å²) in [6, 6.07) is 27.0. The Morgan fingerprint density at radius 1 is 0.837 bits per heavy atom. The molecule has 7 nitrogen and oxygen atoms in total. The van der Waals surface area contributed by atoms with Crippen molar-refractivity contribution < 1.29 is 37.4 Å². The van der Waals surface area contributed by atoms with Crippen molar-refractivity contribution in [1.29, 1.82) is 0 Å². The predicted molar refractivity (Wildman–Crippen MR) is 149 cm³/mol. The van der Waals surface area contributed by atoms with E-state index >= 15 is 0 Å². The van der Waals surface area contributed by atoms with E-state index < -0.39 is 52.9 Å². The molecule has 10 heteroatoms. The number of hydrogen-bond acceptors (Lipinski definition) is 5. The van der Waals surface area contributed by atoms with Crippen LogP contribution in [0.3, 0.4) is 0 Å². The number of ether oxygens (including phenoxy) is 1. The van der Waals surface area contributed by atoms with Crippen LogP contribution in [0.5, 0.6) is 11.5 Å². The molecule has 4 aromatic rings. The lowest BCUT2D eigenvalue weighted by molar-refractivity contribution is -0.152. The lowest BCUT2D eigenvalue weighted by Crippen LogP contribution is -2.53. The number of halogens is 3. The molecule has 0 saturated carbocycles. The molecular weight excluding hydrogens is 561 g/mol. The van der Waals surface area contributed by atoms with Gasteiger partial charge in [-0.3, -0.25) is 19.8 Å². The number of carbonyl (C=O) groups excluding carboxylic acids is 2. The Morgan fingerprint density at radius 2 is 1.47 bits per heavy atom. The van der Waals surface area contributed by atoms with Crippen molar-refractivity contribution in [1.82, 2.24) is 10.2 Å². The van der Waals surface area contributed by atoms with Crippen molar-refractivity contribution in [2.24, 2.45) is 11.8 Å². The highest BCUT2D eigenvalue weighted by Crippen LogP contribution is 2.53. The Hall–Kier alpha value is -4.96. The van der Waals surface area contributed by atoms with E-state index in [-0.39, 0.29) is 18.0 Å². The molecule has 2 fully saturated rings. The molecule has 218 valence electrons. The third-order valence-electron chi connectivity index (χ3n) is 8.02. The fourth-order valence-electron chi connectivity index (χ4n) is 6.11. The summed E-state index contributed by atoms with van der Waals surface area (Å²) in [6.45, 7) is -0.0125. The van der Waals surface area contributed by atoms with E-state index in [1.165, 1.54) is 18.2 Å². The lowest BCUT2D eigenvalue weighted by Gasteiger charge is -2.31. The Kier molecular flexibility index (Phi) is 7.01. The molecule has 6 rings (SSSR count). The highest BCUT2D eigenvalue weighted by Gasteiger charge is 2.69. The standard InChI is InChI=1S/C33H25F3N2O5/c34-33(35,36)23-14-8-16-25(18-23)43-24-15-7-11-21(17-24)28-26-27(32(37-28,31(41)42)22-12-5-2-6-13-22)30(40)38(29(26)39)19-20-9-3-1-4-10-20/h1-18,26-28,37H,19H2,(H,41,42). The Morgan fingerprint density at radius 3 is 2.12 bits per heavy atom. The van der Waals surface area contributed by atoms with E-state index in [9.17, 15) is 32.7 Å². The summed E-state index contributed by atoms with van der Waals surface area (Å²) >= 11 is 0. The molecule has 2 aliphatic rings. The number of aliphatic carboxylic acids is 1. The smallest absolute Gasteiger partial charge is 0.416 e. The molecule has 4 unspecified atom stereocenters. The number of carboxylic acid groups (broad SMARTS) is 1. The van der Waals surface area contributed by atoms with Crippen molar-refractivity contribution in [2.45, 2.75) is 24.3 Å². The van der Waals surface area contributed by atoms with Crippen LogP contribution in [0.2, 0.25) is 0 Å². The second-order valence-electron chi connectivity index (χ2n) is 10.6. The third kappa shape index (κ3) is 4.93. The number of likely N-dealkylation sites (tertiary alicyclic amines) is 1. The topological polar surface area (TPSA) is 95.9 Å². The van der Waals surface area contributed by atoms with Crippen LogP contribution in [0.1, 0.15) is 28.3 Å². The number of imide groups is 1. The summed E-state index contributed by atoms with van der Waals surface area (Å²) < 4.78 is 45.5. The van der Waals surface area contributed by atoms with E-state index in [4.69, 9.17) is 4.74 Å². The van der Waals surface area contributed by atoms with E-state index in [1.807, 2.05) is 6.07 Å². The summed E-state index contributed by atoms with van der Waals surface area (Å²) in [5.74, 6) is -4.63. The van der Waals surface area contributed by atoms with Crippen LogP contribution in [0.25, 0.3) is 0 Å². The van der Waals surface area contributed by atoms with Gasteiger partial charge in [0.05, 0.1) is 23.9 Å². The fourth-order valence-corrected chi connectivity index (χ4v) is 6.11. The normalized spacial score (nSPS) is 23.3. The van der Waals surface area contributed by atoms with E-state index in [1.54, 1.807) is 72.8 Å². The maximum absolute atomic E-state index is 14.0. The summed E-state index contributed by atoms with van der Waals surface area (Å²) in [4.78, 5) is 42.2. The number of rotatable bonds is 7. The van der Waals surface area contributed by atoms with Gasteiger partial charge in [-0.05, 0) is 47.0 Å². The van der Waals surface area contributed by atoms with Crippen molar-refractivity contribution in [3.8, 4) is 11.5 Å². The number of benzene rings is 4. The molecule has 2 aliphatic heterocycles. The van der Waals surface area contributed by atoms with E-state index in [2.05, 4.69) is 5.32 Å². The Labute approximate surface area is 244 Å². The molecular formula is C33H25F3N2O5. The number of alkyl halides is 3. The van der Waals surface area contributed by atoms with Gasteiger partial charge in [0, 0.05) is 6.04 Å². The van der Waals surface area contributed by atoms with Gasteiger partial charge in [0.25, 0.3) is 0 Å². The molecule has 0 aliphatic carbocycles. The van der Waals surface area contributed by atoms with Gasteiger partial charge >= 0.3 is 12.1 Å². The molecule has 0 bridgehead atoms. The number of hydrogen-bond donors (Lipinski definition) is 2. The highest BCUT2D eigenvalue weighted by atomic mass is 19.4. The summed E-state index contributed by atoms with van der Waals surface area (Å²) in [5, 5.41) is 13.8. The molecule has 0 spiro atoms. The summed E-state index contributed by atoms with van der Waals surface area (Å²) in [7, 11) is 0. The maximum Gasteiger partial charge on any atom is 0.416 e. The first kappa shape index (κ1) is 28.2. The Bertz CT molecular complexity index is 1700. The largest absolute Gasteiger partial charge is 0.480 e. The molecule has 2 N–H and O–H groups in total. The summed E-state index contributed by atoms with van der Waals surface area (Å²) in [6.07, 6.45) is -4.55. The SMILES string of the molecule is O=C1C2C(c3cccc(Oc4cccc(C(F)(F)F)c4)c3)NC(C(=O)O)(c3ccccc3)C2C(=O)N1Cc1ccccc1. The van der Waals surface area contributed by atoms with Gasteiger partial charge in [-0.2, -0.15) is 13.2 Å². The van der Waals surface area contributed by atoms with Crippen LogP contribution in [-0.4, -0.2) is 27.8 Å². The van der Waals surface area contributed by atoms with Crippen LogP contribution < -0.4 is 10.1 Å². The average Bonchev–Trinajstić information content (AvgIpc) is 3.48. The van der Waals surface area contributed by atoms with Crippen LogP contribution in [-0.2, 0) is 32.6 Å². The third-order valence-corrected chi connectivity index (χ3v) is 8.02. The zero-order valence-electron chi connectivity index (χ0n) is 22.5. The number of nitrogens with zero attached hydrogens (tertiary/aromatic N) is 1. The van der Waals surface area contributed by atoms with Crippen molar-refractivity contribution in [3.63, 3.8) is 0 Å². The molecule has 2 saturated heterocycles. The number of nitrogens with one attached hydrogen (secondary N) is 1. The van der Waals surface area contributed by atoms with Crippen LogP contribution >= 0.6 is 0 Å². The van der Waals surface area contributed by atoms with Gasteiger partial charge in [0.1, 0.15) is 11.5 Å². The average molecular weight is 587 g/mol. The first-order chi connectivity index (χ1) is 20.6. The van der Waals surface area contributed by atoms with Crippen molar-refractivity contribution in [3.05, 3.63) is 131 Å². The van der Waals surface area contributed by atoms with Crippen molar-refractivity contribution >= 4 is 17.8 Å². The number of carboxylic acids is 1. The van der Waals surface area contributed by atoms with E-state index in [0.29, 0.717) is 16.7 Å². The monoisotopic (exact) mass is 586 g/mol. The van der Waals surface area contributed by atoms with Crippen LogP contribution in [0.15, 0.2) is 109 Å². The number of amides is 2. The molecule has 0 radical (unpaired) electrons. The minimum Gasteiger partial charge on any atom is -0.480 e. The summed E-state index contributed by atoms with van der Waals surface area (Å²) in [5.41, 5.74) is -1.32. The van der Waals surface area contributed by atoms with Gasteiger partial charge in [-0.25, -0.2) is 4.79 Å². The molecule has 43 heavy (non-hydrogen) atoms. The zero-order chi connectivity index (χ0) is 30.4. The van der Waals surface area contributed by atoms with Crippen LogP contribution in [0.4, 0.5) is 13.2 Å². The minimum absolute atomic E-state index is 0.0125. The second kappa shape index (κ2) is 10.7. The quantitative estimate of drug-likeness (QED) is 0.261. The van der Waals surface area contributed by atoms with Crippen LogP contribution in [0, 0.1) is 11.8 Å². The van der Waals surface area contributed by atoms with Gasteiger partial charge in [-0.1, -0.05) is 78.9 Å². The fraction of sp³-hybridized carbons (Fsp3) is 0.182. The molecule has 2 heterocycles. The predicted octanol–water partition coefficient (Wildman–Crippen LogP) is 5.92. The first-order valence-electron chi connectivity index (χ1n) is 13.5. The number of carbonyl (C=O) groups is 3. The second-order valence-corrected chi connectivity index (χ2v) is 10.6. The minimum atomic E-state index is -4.55. The Balaban J connectivity index is 1.41. The molecule has 2 amide bonds. The van der Waals surface area contributed by atoms with Crippen molar-refractivity contribution in [2.75, 3.05) is 0 Å². The highest BCUT2D eigenvalue weighted by molar-refractivity contribution is 6.09. The number of fused-ring (bicyclic) bond motifs is 1. The first-order valence-corrected chi connectivity index (χ1v) is 13.5.